The highest BCUT2D eigenvalue weighted by Crippen LogP contribution is 2.34. The van der Waals surface area contributed by atoms with E-state index in [1.165, 1.54) is 12.8 Å². The summed E-state index contributed by atoms with van der Waals surface area (Å²) in [5, 5.41) is 0.733. The van der Waals surface area contributed by atoms with Crippen LogP contribution in [0.3, 0.4) is 0 Å². The standard InChI is InChI=1S/C14H21ClN2O.ClH/c1-17(14(10-16)11-2-3-11)8-9-18-13-6-4-12(15)5-7-13;/h4-7,11,14H,2-3,8-10,16H2,1H3;1H. The van der Waals surface area contributed by atoms with E-state index in [0.717, 1.165) is 29.8 Å². The van der Waals surface area contributed by atoms with Crippen LogP contribution in [0.4, 0.5) is 0 Å². The molecule has 1 aromatic rings. The molecule has 1 aliphatic carbocycles. The van der Waals surface area contributed by atoms with Crippen LogP contribution in [0.25, 0.3) is 0 Å². The molecule has 1 atom stereocenters. The van der Waals surface area contributed by atoms with Crippen molar-refractivity contribution in [2.45, 2.75) is 18.9 Å². The molecule has 0 aromatic heterocycles. The minimum Gasteiger partial charge on any atom is -0.492 e. The van der Waals surface area contributed by atoms with Crippen LogP contribution in [-0.2, 0) is 0 Å². The van der Waals surface area contributed by atoms with Crippen molar-refractivity contribution in [1.82, 2.24) is 4.90 Å². The third-order valence-electron chi connectivity index (χ3n) is 3.50. The lowest BCUT2D eigenvalue weighted by atomic mass is 10.1. The molecule has 108 valence electrons. The number of hydrogen-bond acceptors (Lipinski definition) is 3. The molecule has 2 rings (SSSR count). The molecule has 2 N–H and O–H groups in total. The minimum absolute atomic E-state index is 0. The van der Waals surface area contributed by atoms with E-state index < -0.39 is 0 Å². The van der Waals surface area contributed by atoms with Crippen molar-refractivity contribution in [3.63, 3.8) is 0 Å². The fourth-order valence-corrected chi connectivity index (χ4v) is 2.34. The third kappa shape index (κ3) is 5.19. The molecular weight excluding hydrogens is 283 g/mol. The molecule has 1 aliphatic rings. The van der Waals surface area contributed by atoms with Gasteiger partial charge in [0.1, 0.15) is 12.4 Å². The maximum Gasteiger partial charge on any atom is 0.119 e. The van der Waals surface area contributed by atoms with Gasteiger partial charge in [-0.3, -0.25) is 4.90 Å². The van der Waals surface area contributed by atoms with E-state index in [4.69, 9.17) is 22.1 Å². The Balaban J connectivity index is 0.00000180. The zero-order valence-corrected chi connectivity index (χ0v) is 12.8. The van der Waals surface area contributed by atoms with Gasteiger partial charge in [0, 0.05) is 24.2 Å². The Morgan fingerprint density at radius 2 is 2.00 bits per heavy atom. The van der Waals surface area contributed by atoms with E-state index in [-0.39, 0.29) is 12.4 Å². The Kier molecular flexibility index (Phi) is 6.94. The minimum atomic E-state index is 0. The van der Waals surface area contributed by atoms with Crippen LogP contribution in [-0.4, -0.2) is 37.7 Å². The molecule has 1 saturated carbocycles. The summed E-state index contributed by atoms with van der Waals surface area (Å²) in [6.45, 7) is 2.32. The van der Waals surface area contributed by atoms with Crippen molar-refractivity contribution in [3.8, 4) is 5.75 Å². The fourth-order valence-electron chi connectivity index (χ4n) is 2.22. The van der Waals surface area contributed by atoms with Crippen molar-refractivity contribution in [1.29, 1.82) is 0 Å². The summed E-state index contributed by atoms with van der Waals surface area (Å²) in [4.78, 5) is 2.31. The Morgan fingerprint density at radius 1 is 1.37 bits per heavy atom. The number of nitrogens with two attached hydrogens (primary N) is 1. The van der Waals surface area contributed by atoms with Gasteiger partial charge in [-0.2, -0.15) is 0 Å². The summed E-state index contributed by atoms with van der Waals surface area (Å²) in [5.74, 6) is 1.67. The topological polar surface area (TPSA) is 38.5 Å². The summed E-state index contributed by atoms with van der Waals surface area (Å²) >= 11 is 5.82. The number of hydrogen-bond donors (Lipinski definition) is 1. The molecule has 0 saturated heterocycles. The van der Waals surface area contributed by atoms with Gasteiger partial charge in [0.05, 0.1) is 0 Å². The molecular formula is C14H22Cl2N2O. The number of rotatable bonds is 7. The first kappa shape index (κ1) is 16.6. The first-order chi connectivity index (χ1) is 8.70. The van der Waals surface area contributed by atoms with Crippen LogP contribution < -0.4 is 10.5 Å². The van der Waals surface area contributed by atoms with Gasteiger partial charge in [-0.1, -0.05) is 11.6 Å². The first-order valence-electron chi connectivity index (χ1n) is 6.49. The van der Waals surface area contributed by atoms with E-state index in [9.17, 15) is 0 Å². The lowest BCUT2D eigenvalue weighted by Crippen LogP contribution is -2.41. The molecule has 0 spiro atoms. The Labute approximate surface area is 126 Å². The van der Waals surface area contributed by atoms with Crippen LogP contribution >= 0.6 is 24.0 Å². The number of halogens is 2. The molecule has 1 unspecified atom stereocenters. The smallest absolute Gasteiger partial charge is 0.119 e. The van der Waals surface area contributed by atoms with Crippen molar-refractivity contribution in [3.05, 3.63) is 29.3 Å². The fraction of sp³-hybridized carbons (Fsp3) is 0.571. The van der Waals surface area contributed by atoms with E-state index in [1.54, 1.807) is 0 Å². The number of ether oxygens (including phenoxy) is 1. The molecule has 3 nitrogen and oxygen atoms in total. The normalized spacial score (nSPS) is 16.0. The maximum atomic E-state index is 5.82. The van der Waals surface area contributed by atoms with Crippen LogP contribution in [0.2, 0.25) is 5.02 Å². The zero-order valence-electron chi connectivity index (χ0n) is 11.2. The largest absolute Gasteiger partial charge is 0.492 e. The summed E-state index contributed by atoms with van der Waals surface area (Å²) < 4.78 is 5.69. The molecule has 5 heteroatoms. The van der Waals surface area contributed by atoms with E-state index in [1.807, 2.05) is 24.3 Å². The molecule has 19 heavy (non-hydrogen) atoms. The quantitative estimate of drug-likeness (QED) is 0.842. The highest BCUT2D eigenvalue weighted by Gasteiger charge is 2.32. The second kappa shape index (κ2) is 7.95. The lowest BCUT2D eigenvalue weighted by molar-refractivity contribution is 0.180. The Morgan fingerprint density at radius 3 is 2.53 bits per heavy atom. The van der Waals surface area contributed by atoms with Gasteiger partial charge >= 0.3 is 0 Å². The van der Waals surface area contributed by atoms with E-state index >= 15 is 0 Å². The Bertz CT molecular complexity index is 368. The van der Waals surface area contributed by atoms with Crippen LogP contribution in [0.15, 0.2) is 24.3 Å². The van der Waals surface area contributed by atoms with E-state index in [0.29, 0.717) is 12.6 Å². The summed E-state index contributed by atoms with van der Waals surface area (Å²) in [6, 6.07) is 7.98. The highest BCUT2D eigenvalue weighted by atomic mass is 35.5. The van der Waals surface area contributed by atoms with Gasteiger partial charge < -0.3 is 10.5 Å². The molecule has 0 bridgehead atoms. The van der Waals surface area contributed by atoms with Crippen molar-refractivity contribution in [2.24, 2.45) is 11.7 Å². The number of nitrogens with zero attached hydrogens (tertiary/aromatic N) is 1. The molecule has 1 aromatic carbocycles. The van der Waals surface area contributed by atoms with Crippen molar-refractivity contribution >= 4 is 24.0 Å². The van der Waals surface area contributed by atoms with E-state index in [2.05, 4.69) is 11.9 Å². The molecule has 0 heterocycles. The predicted octanol–water partition coefficient (Wildman–Crippen LogP) is 2.81. The summed E-state index contributed by atoms with van der Waals surface area (Å²) in [6.07, 6.45) is 2.65. The Hall–Kier alpha value is -0.480. The molecule has 0 radical (unpaired) electrons. The van der Waals surface area contributed by atoms with Gasteiger partial charge in [-0.25, -0.2) is 0 Å². The molecule has 0 amide bonds. The van der Waals surface area contributed by atoms with Gasteiger partial charge in [0.15, 0.2) is 0 Å². The van der Waals surface area contributed by atoms with Crippen LogP contribution in [0.1, 0.15) is 12.8 Å². The van der Waals surface area contributed by atoms with Crippen molar-refractivity contribution < 1.29 is 4.74 Å². The summed E-state index contributed by atoms with van der Waals surface area (Å²) in [5.41, 5.74) is 5.82. The second-order valence-electron chi connectivity index (χ2n) is 4.92. The summed E-state index contributed by atoms with van der Waals surface area (Å²) in [7, 11) is 2.13. The van der Waals surface area contributed by atoms with Gasteiger partial charge in [-0.15, -0.1) is 12.4 Å². The highest BCUT2D eigenvalue weighted by molar-refractivity contribution is 6.30. The monoisotopic (exact) mass is 304 g/mol. The van der Waals surface area contributed by atoms with Crippen molar-refractivity contribution in [2.75, 3.05) is 26.7 Å². The average Bonchev–Trinajstić information content (AvgIpc) is 3.17. The lowest BCUT2D eigenvalue weighted by Gasteiger charge is -2.26. The van der Waals surface area contributed by atoms with Gasteiger partial charge in [0.25, 0.3) is 0 Å². The average molecular weight is 305 g/mol. The third-order valence-corrected chi connectivity index (χ3v) is 3.75. The zero-order chi connectivity index (χ0) is 13.0. The predicted molar refractivity (Wildman–Crippen MR) is 82.4 cm³/mol. The maximum absolute atomic E-state index is 5.82. The molecule has 1 fully saturated rings. The van der Waals surface area contributed by atoms with Gasteiger partial charge in [-0.05, 0) is 50.1 Å². The molecule has 0 aliphatic heterocycles. The first-order valence-corrected chi connectivity index (χ1v) is 6.87. The SMILES string of the molecule is CN(CCOc1ccc(Cl)cc1)C(CN)C1CC1.Cl. The van der Waals surface area contributed by atoms with Gasteiger partial charge in [0.2, 0.25) is 0 Å². The van der Waals surface area contributed by atoms with Crippen LogP contribution in [0.5, 0.6) is 5.75 Å². The van der Waals surface area contributed by atoms with Crippen LogP contribution in [0, 0.1) is 5.92 Å². The number of benzene rings is 1. The number of likely N-dealkylation sites (N-methyl/N-ethyl adjacent to an activating group) is 1. The second-order valence-corrected chi connectivity index (χ2v) is 5.36.